The van der Waals surface area contributed by atoms with Gasteiger partial charge in [-0.05, 0) is 76.3 Å². The van der Waals surface area contributed by atoms with Crippen LogP contribution in [-0.4, -0.2) is 27.5 Å². The third-order valence-corrected chi connectivity index (χ3v) is 7.23. The highest BCUT2D eigenvalue weighted by atomic mass is 79.9. The number of hydrogen-bond acceptors (Lipinski definition) is 6. The summed E-state index contributed by atoms with van der Waals surface area (Å²) in [5.41, 5.74) is 3.02. The fourth-order valence-corrected chi connectivity index (χ4v) is 4.46. The first-order chi connectivity index (χ1) is 17.0. The van der Waals surface area contributed by atoms with Gasteiger partial charge in [0.2, 0.25) is 0 Å². The Kier molecular flexibility index (Phi) is 7.41. The molecule has 0 aliphatic carbocycles. The van der Waals surface area contributed by atoms with Crippen LogP contribution in [0, 0.1) is 0 Å². The fraction of sp³-hybridized carbons (Fsp3) is 0.462. The Morgan fingerprint density at radius 2 is 1.25 bits per heavy atom. The lowest BCUT2D eigenvalue weighted by Crippen LogP contribution is -2.41. The number of oxazole rings is 2. The van der Waals surface area contributed by atoms with Crippen molar-refractivity contribution in [2.24, 2.45) is 0 Å². The normalized spacial score (nSPS) is 16.5. The van der Waals surface area contributed by atoms with Gasteiger partial charge in [-0.1, -0.05) is 35.8 Å². The third kappa shape index (κ3) is 4.99. The predicted octanol–water partition coefficient (Wildman–Crippen LogP) is 5.07. The minimum Gasteiger partial charge on any atom is -0.408 e. The molecule has 1 aliphatic heterocycles. The van der Waals surface area contributed by atoms with Crippen molar-refractivity contribution in [1.29, 1.82) is 0 Å². The van der Waals surface area contributed by atoms with E-state index in [2.05, 4.69) is 15.9 Å². The number of hydrogen-bond donors (Lipinski definition) is 0. The second-order valence-corrected chi connectivity index (χ2v) is 10.9. The molecule has 0 N–H and O–H groups in total. The minimum atomic E-state index is -0.436. The largest absolute Gasteiger partial charge is 0.494 e. The van der Waals surface area contributed by atoms with Crippen LogP contribution in [0.1, 0.15) is 54.4 Å². The predicted molar refractivity (Wildman–Crippen MR) is 145 cm³/mol. The van der Waals surface area contributed by atoms with Crippen molar-refractivity contribution in [3.8, 4) is 0 Å². The molecule has 5 rings (SSSR count). The molecule has 3 heterocycles. The van der Waals surface area contributed by atoms with Gasteiger partial charge in [0, 0.05) is 17.6 Å². The molecule has 0 bridgehead atoms. The van der Waals surface area contributed by atoms with Crippen molar-refractivity contribution in [3.05, 3.63) is 62.0 Å². The molecule has 1 aliphatic rings. The molecule has 0 atom stereocenters. The zero-order chi connectivity index (χ0) is 26.3. The first kappa shape index (κ1) is 26.5. The molecular weight excluding hydrogens is 527 g/mol. The zero-order valence-electron chi connectivity index (χ0n) is 21.6. The number of benzene rings is 2. The summed E-state index contributed by atoms with van der Waals surface area (Å²) < 4.78 is 26.8. The van der Waals surface area contributed by atoms with Crippen LogP contribution in [0.25, 0.3) is 22.2 Å². The van der Waals surface area contributed by atoms with E-state index in [0.717, 1.165) is 33.8 Å². The molecular formula is C26H32BBrN2O6. The van der Waals surface area contributed by atoms with Gasteiger partial charge in [-0.3, -0.25) is 9.13 Å². The Morgan fingerprint density at radius 3 is 1.75 bits per heavy atom. The van der Waals surface area contributed by atoms with Gasteiger partial charge in [0.05, 0.1) is 22.2 Å². The molecule has 1 fully saturated rings. The topological polar surface area (TPSA) is 88.7 Å². The van der Waals surface area contributed by atoms with E-state index in [1.54, 1.807) is 15.2 Å². The van der Waals surface area contributed by atoms with Crippen molar-refractivity contribution < 1.29 is 18.1 Å². The Balaban J connectivity index is 0.000000187. The second kappa shape index (κ2) is 10.1. The lowest BCUT2D eigenvalue weighted by Gasteiger charge is -2.32. The highest BCUT2D eigenvalue weighted by Crippen LogP contribution is 2.36. The SMILES string of the molecule is CCCn1c(=O)oc2ccc(B3OC(C)(C)C(C)(C)O3)cc21.CCCn1c(=O)oc2ccc(Br)cc21. The number of rotatable bonds is 5. The van der Waals surface area contributed by atoms with E-state index in [4.69, 9.17) is 18.1 Å². The Labute approximate surface area is 218 Å². The number of fused-ring (bicyclic) bond motifs is 2. The van der Waals surface area contributed by atoms with Crippen molar-refractivity contribution in [3.63, 3.8) is 0 Å². The van der Waals surface area contributed by atoms with Crippen LogP contribution < -0.4 is 17.0 Å². The van der Waals surface area contributed by atoms with Crippen molar-refractivity contribution >= 4 is 50.7 Å². The molecule has 0 unspecified atom stereocenters. The van der Waals surface area contributed by atoms with E-state index >= 15 is 0 Å². The minimum absolute atomic E-state index is 0.278. The third-order valence-electron chi connectivity index (χ3n) is 6.74. The molecule has 8 nitrogen and oxygen atoms in total. The molecule has 0 spiro atoms. The maximum absolute atomic E-state index is 11.9. The van der Waals surface area contributed by atoms with Gasteiger partial charge in [-0.25, -0.2) is 9.59 Å². The number of nitrogens with zero attached hydrogens (tertiary/aromatic N) is 2. The highest BCUT2D eigenvalue weighted by Gasteiger charge is 2.51. The van der Waals surface area contributed by atoms with Crippen LogP contribution >= 0.6 is 15.9 Å². The number of aryl methyl sites for hydroxylation is 2. The van der Waals surface area contributed by atoms with Crippen LogP contribution in [0.15, 0.2) is 59.3 Å². The molecule has 10 heteroatoms. The van der Waals surface area contributed by atoms with Crippen LogP contribution in [-0.2, 0) is 22.4 Å². The summed E-state index contributed by atoms with van der Waals surface area (Å²) in [7, 11) is -0.436. The highest BCUT2D eigenvalue weighted by molar-refractivity contribution is 9.10. The monoisotopic (exact) mass is 558 g/mol. The molecule has 1 saturated heterocycles. The van der Waals surface area contributed by atoms with E-state index in [1.807, 2.05) is 71.9 Å². The van der Waals surface area contributed by atoms with Gasteiger partial charge in [-0.2, -0.15) is 0 Å². The average Bonchev–Trinajstić information content (AvgIpc) is 3.37. The summed E-state index contributed by atoms with van der Waals surface area (Å²) in [4.78, 5) is 23.3. The molecule has 4 aromatic rings. The van der Waals surface area contributed by atoms with Crippen molar-refractivity contribution in [2.45, 2.75) is 78.7 Å². The molecule has 2 aromatic carbocycles. The lowest BCUT2D eigenvalue weighted by atomic mass is 9.79. The summed E-state index contributed by atoms with van der Waals surface area (Å²) in [6.07, 6.45) is 1.79. The van der Waals surface area contributed by atoms with Crippen molar-refractivity contribution in [1.82, 2.24) is 9.13 Å². The van der Waals surface area contributed by atoms with Gasteiger partial charge >= 0.3 is 18.6 Å². The lowest BCUT2D eigenvalue weighted by molar-refractivity contribution is 0.00578. The summed E-state index contributed by atoms with van der Waals surface area (Å²) in [5.74, 6) is -0.595. The summed E-state index contributed by atoms with van der Waals surface area (Å²) >= 11 is 3.37. The summed E-state index contributed by atoms with van der Waals surface area (Å²) in [6, 6.07) is 11.2. The van der Waals surface area contributed by atoms with Gasteiger partial charge in [0.25, 0.3) is 0 Å². The van der Waals surface area contributed by atoms with Crippen LogP contribution in [0.2, 0.25) is 0 Å². The summed E-state index contributed by atoms with van der Waals surface area (Å²) in [6.45, 7) is 13.5. The molecule has 0 radical (unpaired) electrons. The Bertz CT molecular complexity index is 1480. The molecule has 0 amide bonds. The number of aromatic nitrogens is 2. The quantitative estimate of drug-likeness (QED) is 0.318. The van der Waals surface area contributed by atoms with Crippen molar-refractivity contribution in [2.75, 3.05) is 0 Å². The van der Waals surface area contributed by atoms with E-state index in [-0.39, 0.29) is 22.7 Å². The molecule has 2 aromatic heterocycles. The fourth-order valence-electron chi connectivity index (χ4n) is 4.11. The maximum atomic E-state index is 11.9. The molecule has 192 valence electrons. The molecule has 0 saturated carbocycles. The van der Waals surface area contributed by atoms with Gasteiger partial charge in [0.15, 0.2) is 11.2 Å². The maximum Gasteiger partial charge on any atom is 0.494 e. The van der Waals surface area contributed by atoms with Gasteiger partial charge < -0.3 is 18.1 Å². The van der Waals surface area contributed by atoms with E-state index in [0.29, 0.717) is 24.3 Å². The molecule has 36 heavy (non-hydrogen) atoms. The Morgan fingerprint density at radius 1 is 0.778 bits per heavy atom. The second-order valence-electron chi connectivity index (χ2n) is 9.97. The van der Waals surface area contributed by atoms with Gasteiger partial charge in [0.1, 0.15) is 0 Å². The average molecular weight is 559 g/mol. The standard InChI is InChI=1S/C16H22BNO4.C10H10BrNO2/c1-6-9-18-12-10-11(7-8-13(12)20-14(18)19)17-21-15(2,3)16(4,5)22-17;1-2-5-12-8-6-7(11)3-4-9(8)14-10(12)13/h7-8,10H,6,9H2,1-5H3;3-4,6H,2,5H2,1H3. The first-order valence-corrected chi connectivity index (χ1v) is 13.0. The van der Waals surface area contributed by atoms with E-state index in [1.165, 1.54) is 0 Å². The zero-order valence-corrected chi connectivity index (χ0v) is 23.2. The smallest absolute Gasteiger partial charge is 0.408 e. The van der Waals surface area contributed by atoms with Crippen LogP contribution in [0.4, 0.5) is 0 Å². The first-order valence-electron chi connectivity index (χ1n) is 12.2. The van der Waals surface area contributed by atoms with Crippen LogP contribution in [0.3, 0.4) is 0 Å². The van der Waals surface area contributed by atoms with E-state index in [9.17, 15) is 9.59 Å². The van der Waals surface area contributed by atoms with E-state index < -0.39 is 7.12 Å². The van der Waals surface area contributed by atoms with Gasteiger partial charge in [-0.15, -0.1) is 0 Å². The van der Waals surface area contributed by atoms with Crippen LogP contribution in [0.5, 0.6) is 0 Å². The Hall–Kier alpha value is -2.56. The number of halogens is 1. The summed E-state index contributed by atoms with van der Waals surface area (Å²) in [5, 5.41) is 0.